The van der Waals surface area contributed by atoms with E-state index in [-0.39, 0.29) is 17.8 Å². The number of ether oxygens (including phenoxy) is 1. The number of morpholine rings is 1. The van der Waals surface area contributed by atoms with E-state index in [1.54, 1.807) is 23.9 Å². The lowest BCUT2D eigenvalue weighted by molar-refractivity contribution is -0.137. The van der Waals surface area contributed by atoms with Gasteiger partial charge in [-0.1, -0.05) is 23.9 Å². The summed E-state index contributed by atoms with van der Waals surface area (Å²) in [4.78, 5) is 9.47. The molecule has 1 aliphatic carbocycles. The van der Waals surface area contributed by atoms with Gasteiger partial charge in [0.1, 0.15) is 5.82 Å². The quantitative estimate of drug-likeness (QED) is 0.379. The summed E-state index contributed by atoms with van der Waals surface area (Å²) in [6.45, 7) is 6.57. The molecule has 1 saturated carbocycles. The fraction of sp³-hybridized carbons (Fsp3) is 0.625. The molecule has 0 unspecified atom stereocenters. The van der Waals surface area contributed by atoms with Gasteiger partial charge in [0.25, 0.3) is 0 Å². The van der Waals surface area contributed by atoms with E-state index in [0.717, 1.165) is 87.5 Å². The molecule has 0 bridgehead atoms. The van der Waals surface area contributed by atoms with Crippen LogP contribution in [0.3, 0.4) is 0 Å². The van der Waals surface area contributed by atoms with Gasteiger partial charge < -0.3 is 19.1 Å². The predicted octanol–water partition coefficient (Wildman–Crippen LogP) is 5.06. The normalized spacial score (nSPS) is 25.1. The summed E-state index contributed by atoms with van der Waals surface area (Å²) < 4.78 is 46.1. The third-order valence-corrected chi connectivity index (χ3v) is 8.53. The molecule has 34 heavy (non-hydrogen) atoms. The van der Waals surface area contributed by atoms with Crippen molar-refractivity contribution in [3.63, 3.8) is 0 Å². The molecular weight excluding hydrogens is 485 g/mol. The van der Waals surface area contributed by atoms with Crippen LogP contribution in [0.15, 0.2) is 35.6 Å². The largest absolute Gasteiger partial charge is 0.416 e. The first-order chi connectivity index (χ1) is 15.9. The number of aromatic nitrogens is 2. The number of nitrogens with zero attached hydrogens (tertiary/aromatic N) is 4. The number of likely N-dealkylation sites (tertiary alicyclic amines) is 1. The van der Waals surface area contributed by atoms with Crippen LogP contribution in [0.2, 0.25) is 0 Å². The number of benzene rings is 1. The van der Waals surface area contributed by atoms with Crippen molar-refractivity contribution in [1.29, 1.82) is 0 Å². The highest BCUT2D eigenvalue weighted by Gasteiger charge is 2.57. The number of anilines is 1. The second-order valence-corrected chi connectivity index (χ2v) is 10.6. The highest BCUT2D eigenvalue weighted by atomic mass is 35.5. The van der Waals surface area contributed by atoms with Crippen LogP contribution in [0.25, 0.3) is 0 Å². The first kappa shape index (κ1) is 25.7. The Morgan fingerprint density at radius 3 is 2.59 bits per heavy atom. The predicted molar refractivity (Wildman–Crippen MR) is 131 cm³/mol. The molecule has 188 valence electrons. The van der Waals surface area contributed by atoms with E-state index in [1.165, 1.54) is 12.1 Å². The minimum Gasteiger partial charge on any atom is -0.378 e. The average molecular weight is 517 g/mol. The monoisotopic (exact) mass is 516 g/mol. The Morgan fingerprint density at radius 1 is 1.15 bits per heavy atom. The molecule has 5 nitrogen and oxygen atoms in total. The van der Waals surface area contributed by atoms with Crippen LogP contribution in [-0.4, -0.2) is 66.1 Å². The minimum atomic E-state index is -4.26. The summed E-state index contributed by atoms with van der Waals surface area (Å²) >= 11 is 1.81. The summed E-state index contributed by atoms with van der Waals surface area (Å²) in [6, 6.07) is 5.82. The van der Waals surface area contributed by atoms with Crippen molar-refractivity contribution in [2.45, 2.75) is 36.5 Å². The van der Waals surface area contributed by atoms with E-state index in [4.69, 9.17) is 4.74 Å². The van der Waals surface area contributed by atoms with E-state index >= 15 is 0 Å². The lowest BCUT2D eigenvalue weighted by Crippen LogP contribution is -2.37. The van der Waals surface area contributed by atoms with Gasteiger partial charge in [0, 0.05) is 32.4 Å². The number of hydrogen-bond donors (Lipinski definition) is 0. The Balaban J connectivity index is 0.00000274. The number of rotatable bonds is 7. The van der Waals surface area contributed by atoms with E-state index in [0.29, 0.717) is 5.92 Å². The van der Waals surface area contributed by atoms with Crippen LogP contribution >= 0.6 is 24.2 Å². The summed E-state index contributed by atoms with van der Waals surface area (Å²) in [6.07, 6.45) is 1.05. The van der Waals surface area contributed by atoms with Crippen molar-refractivity contribution in [3.8, 4) is 0 Å². The molecule has 3 fully saturated rings. The third kappa shape index (κ3) is 5.37. The van der Waals surface area contributed by atoms with E-state index in [9.17, 15) is 13.2 Å². The number of halogens is 4. The van der Waals surface area contributed by atoms with E-state index in [1.807, 2.05) is 6.20 Å². The van der Waals surface area contributed by atoms with Crippen molar-refractivity contribution in [2.75, 3.05) is 56.6 Å². The second-order valence-electron chi connectivity index (χ2n) is 9.52. The van der Waals surface area contributed by atoms with Gasteiger partial charge in [-0.05, 0) is 61.4 Å². The Hall–Kier alpha value is -1.42. The summed E-state index contributed by atoms with van der Waals surface area (Å²) in [7, 11) is 2.08. The Bertz CT molecular complexity index is 964. The number of imidazole rings is 1. The van der Waals surface area contributed by atoms with Crippen molar-refractivity contribution in [1.82, 2.24) is 14.5 Å². The van der Waals surface area contributed by atoms with Gasteiger partial charge in [-0.25, -0.2) is 4.98 Å². The molecule has 1 spiro atoms. The topological polar surface area (TPSA) is 33.5 Å². The summed E-state index contributed by atoms with van der Waals surface area (Å²) in [5.41, 5.74) is 0.780. The smallest absolute Gasteiger partial charge is 0.378 e. The van der Waals surface area contributed by atoms with Gasteiger partial charge in [-0.3, -0.25) is 0 Å². The number of hydrogen-bond acceptors (Lipinski definition) is 5. The van der Waals surface area contributed by atoms with Crippen molar-refractivity contribution >= 4 is 30.0 Å². The van der Waals surface area contributed by atoms with Crippen LogP contribution in [0.5, 0.6) is 0 Å². The maximum Gasteiger partial charge on any atom is 0.416 e. The molecule has 2 atom stereocenters. The summed E-state index contributed by atoms with van der Waals surface area (Å²) in [5.74, 6) is 2.59. The zero-order valence-electron chi connectivity index (χ0n) is 19.4. The second kappa shape index (κ2) is 10.3. The molecule has 1 aromatic heterocycles. The SMILES string of the molecule is Cl.Cn1c(N2CCOCC2)cnc1SCCCN1CC[C@]2(C[C@@H]2c2ccc(C(F)(F)F)cc2)C1. The highest BCUT2D eigenvalue weighted by Crippen LogP contribution is 2.64. The molecule has 0 N–H and O–H groups in total. The Morgan fingerprint density at radius 2 is 1.88 bits per heavy atom. The van der Waals surface area contributed by atoms with Crippen LogP contribution in [0.4, 0.5) is 19.0 Å². The molecule has 0 radical (unpaired) electrons. The van der Waals surface area contributed by atoms with Crippen LogP contribution in [0, 0.1) is 5.41 Å². The first-order valence-corrected chi connectivity index (χ1v) is 12.7. The van der Waals surface area contributed by atoms with Crippen LogP contribution in [0.1, 0.15) is 36.3 Å². The first-order valence-electron chi connectivity index (χ1n) is 11.7. The minimum absolute atomic E-state index is 0. The standard InChI is InChI=1S/C24H31F3N4OS.ClH/c1-29-21(31-10-12-32-13-11-31)16-28-22(29)33-14-2-8-30-9-7-23(17-30)15-20(23)18-3-5-19(6-4-18)24(25,26)27;/h3-6,16,20H,2,7-15,17H2,1H3;1H/t20-,23+;/m1./s1. The maximum absolute atomic E-state index is 12.8. The van der Waals surface area contributed by atoms with Crippen molar-refractivity contribution < 1.29 is 17.9 Å². The van der Waals surface area contributed by atoms with E-state index < -0.39 is 11.7 Å². The van der Waals surface area contributed by atoms with Crippen LogP contribution in [-0.2, 0) is 18.0 Å². The zero-order valence-corrected chi connectivity index (χ0v) is 21.0. The lowest BCUT2D eigenvalue weighted by Gasteiger charge is -2.28. The third-order valence-electron chi connectivity index (χ3n) is 7.40. The molecule has 1 aromatic carbocycles. The fourth-order valence-corrected chi connectivity index (χ4v) is 6.28. The lowest BCUT2D eigenvalue weighted by atomic mass is 9.97. The Kier molecular flexibility index (Phi) is 7.77. The van der Waals surface area contributed by atoms with Crippen LogP contribution < -0.4 is 4.90 Å². The van der Waals surface area contributed by atoms with Gasteiger partial charge in [0.15, 0.2) is 5.16 Å². The Labute approximate surface area is 209 Å². The van der Waals surface area contributed by atoms with Gasteiger partial charge in [0.2, 0.25) is 0 Å². The van der Waals surface area contributed by atoms with Crippen molar-refractivity contribution in [2.24, 2.45) is 12.5 Å². The maximum atomic E-state index is 12.8. The fourth-order valence-electron chi connectivity index (χ4n) is 5.41. The van der Waals surface area contributed by atoms with Crippen molar-refractivity contribution in [3.05, 3.63) is 41.6 Å². The van der Waals surface area contributed by atoms with Gasteiger partial charge in [-0.15, -0.1) is 12.4 Å². The average Bonchev–Trinajstić information content (AvgIpc) is 3.15. The molecular formula is C24H32ClF3N4OS. The van der Waals surface area contributed by atoms with Gasteiger partial charge in [-0.2, -0.15) is 13.2 Å². The molecule has 2 aromatic rings. The van der Waals surface area contributed by atoms with Gasteiger partial charge in [0.05, 0.1) is 25.0 Å². The molecule has 10 heteroatoms. The molecule has 5 rings (SSSR count). The number of alkyl halides is 3. The van der Waals surface area contributed by atoms with E-state index in [2.05, 4.69) is 26.4 Å². The number of thioether (sulfide) groups is 1. The molecule has 2 aliphatic heterocycles. The summed E-state index contributed by atoms with van der Waals surface area (Å²) in [5, 5.41) is 1.05. The molecule has 3 aliphatic rings. The highest BCUT2D eigenvalue weighted by molar-refractivity contribution is 7.99. The molecule has 0 amide bonds. The molecule has 3 heterocycles. The molecule has 2 saturated heterocycles. The van der Waals surface area contributed by atoms with Gasteiger partial charge >= 0.3 is 6.18 Å². The zero-order chi connectivity index (χ0) is 23.1.